The first-order valence-electron chi connectivity index (χ1n) is 6.49. The lowest BCUT2D eigenvalue weighted by Gasteiger charge is -2.08. The zero-order chi connectivity index (χ0) is 15.9. The van der Waals surface area contributed by atoms with Gasteiger partial charge in [0.2, 0.25) is 0 Å². The topological polar surface area (TPSA) is 55.4 Å². The predicted molar refractivity (Wildman–Crippen MR) is 80.0 cm³/mol. The van der Waals surface area contributed by atoms with Gasteiger partial charge >= 0.3 is 5.97 Å². The summed E-state index contributed by atoms with van der Waals surface area (Å²) in [6, 6.07) is 12.3. The van der Waals surface area contributed by atoms with E-state index in [0.717, 1.165) is 6.07 Å². The lowest BCUT2D eigenvalue weighted by Crippen LogP contribution is -2.30. The Kier molecular flexibility index (Phi) is 5.49. The SMILES string of the molecule is O=C(CNC(=O)c1ccccc1)OCc1ccc(F)cc1Cl. The van der Waals surface area contributed by atoms with Crippen molar-refractivity contribution in [3.63, 3.8) is 0 Å². The van der Waals surface area contributed by atoms with Crippen molar-refractivity contribution in [3.05, 3.63) is 70.5 Å². The van der Waals surface area contributed by atoms with Crippen LogP contribution in [0.4, 0.5) is 4.39 Å². The lowest BCUT2D eigenvalue weighted by molar-refractivity contribution is -0.143. The number of carbonyl (C=O) groups is 2. The number of ether oxygens (including phenoxy) is 1. The van der Waals surface area contributed by atoms with Crippen molar-refractivity contribution in [1.82, 2.24) is 5.32 Å². The highest BCUT2D eigenvalue weighted by atomic mass is 35.5. The van der Waals surface area contributed by atoms with Gasteiger partial charge in [-0.3, -0.25) is 9.59 Å². The zero-order valence-corrected chi connectivity index (χ0v) is 12.3. The van der Waals surface area contributed by atoms with Gasteiger partial charge in [-0.1, -0.05) is 35.9 Å². The van der Waals surface area contributed by atoms with Crippen LogP contribution < -0.4 is 5.32 Å². The van der Waals surface area contributed by atoms with Crippen LogP contribution in [0.2, 0.25) is 5.02 Å². The maximum Gasteiger partial charge on any atom is 0.325 e. The van der Waals surface area contributed by atoms with Gasteiger partial charge in [0, 0.05) is 11.1 Å². The van der Waals surface area contributed by atoms with Gasteiger partial charge < -0.3 is 10.1 Å². The molecule has 2 aromatic rings. The highest BCUT2D eigenvalue weighted by molar-refractivity contribution is 6.31. The van der Waals surface area contributed by atoms with E-state index in [1.807, 2.05) is 0 Å². The smallest absolute Gasteiger partial charge is 0.325 e. The van der Waals surface area contributed by atoms with Crippen LogP contribution in [0.1, 0.15) is 15.9 Å². The fraction of sp³-hybridized carbons (Fsp3) is 0.125. The first-order chi connectivity index (χ1) is 10.6. The molecule has 0 aromatic heterocycles. The Bertz CT molecular complexity index is 676. The first-order valence-corrected chi connectivity index (χ1v) is 6.87. The zero-order valence-electron chi connectivity index (χ0n) is 11.5. The fourth-order valence-electron chi connectivity index (χ4n) is 1.69. The van der Waals surface area contributed by atoms with Gasteiger partial charge in [-0.05, 0) is 24.3 Å². The monoisotopic (exact) mass is 321 g/mol. The van der Waals surface area contributed by atoms with Crippen molar-refractivity contribution in [3.8, 4) is 0 Å². The summed E-state index contributed by atoms with van der Waals surface area (Å²) in [4.78, 5) is 23.3. The van der Waals surface area contributed by atoms with Gasteiger partial charge in [-0.15, -0.1) is 0 Å². The van der Waals surface area contributed by atoms with Crippen molar-refractivity contribution in [2.45, 2.75) is 6.61 Å². The molecule has 4 nitrogen and oxygen atoms in total. The molecule has 0 aliphatic heterocycles. The van der Waals surface area contributed by atoms with E-state index < -0.39 is 11.8 Å². The Morgan fingerprint density at radius 3 is 2.55 bits per heavy atom. The molecule has 1 N–H and O–H groups in total. The third-order valence-corrected chi connectivity index (χ3v) is 3.18. The number of nitrogens with one attached hydrogen (secondary N) is 1. The second-order valence-electron chi connectivity index (χ2n) is 4.45. The lowest BCUT2D eigenvalue weighted by atomic mass is 10.2. The van der Waals surface area contributed by atoms with Crippen LogP contribution in [0.25, 0.3) is 0 Å². The molecular formula is C16H13ClFNO3. The van der Waals surface area contributed by atoms with Crippen molar-refractivity contribution in [2.75, 3.05) is 6.54 Å². The van der Waals surface area contributed by atoms with Crippen LogP contribution in [0.3, 0.4) is 0 Å². The summed E-state index contributed by atoms with van der Waals surface area (Å²) in [5.41, 5.74) is 0.947. The van der Waals surface area contributed by atoms with Crippen molar-refractivity contribution in [1.29, 1.82) is 0 Å². The minimum atomic E-state index is -0.607. The molecule has 22 heavy (non-hydrogen) atoms. The maximum absolute atomic E-state index is 12.9. The molecule has 0 spiro atoms. The molecule has 2 aromatic carbocycles. The van der Waals surface area contributed by atoms with Gasteiger partial charge in [0.1, 0.15) is 19.0 Å². The Morgan fingerprint density at radius 1 is 1.14 bits per heavy atom. The molecule has 0 radical (unpaired) electrons. The first kappa shape index (κ1) is 16.0. The van der Waals surface area contributed by atoms with Crippen LogP contribution in [-0.2, 0) is 16.1 Å². The predicted octanol–water partition coefficient (Wildman–Crippen LogP) is 2.95. The maximum atomic E-state index is 12.9. The van der Waals surface area contributed by atoms with Gasteiger partial charge in [0.15, 0.2) is 0 Å². The standard InChI is InChI=1S/C16H13ClFNO3/c17-14-8-13(18)7-6-12(14)10-22-15(20)9-19-16(21)11-4-2-1-3-5-11/h1-8H,9-10H2,(H,19,21). The molecule has 0 unspecified atom stereocenters. The number of hydrogen-bond acceptors (Lipinski definition) is 3. The van der Waals surface area contributed by atoms with E-state index in [-0.39, 0.29) is 24.1 Å². The molecule has 0 aliphatic rings. The normalized spacial score (nSPS) is 10.1. The summed E-state index contributed by atoms with van der Waals surface area (Å²) in [5, 5.41) is 2.63. The molecule has 0 atom stereocenters. The number of hydrogen-bond donors (Lipinski definition) is 1. The Morgan fingerprint density at radius 2 is 1.86 bits per heavy atom. The summed E-state index contributed by atoms with van der Waals surface area (Å²) >= 11 is 5.82. The van der Waals surface area contributed by atoms with E-state index >= 15 is 0 Å². The van der Waals surface area contributed by atoms with Gasteiger partial charge in [0.05, 0.1) is 5.02 Å². The minimum absolute atomic E-state index is 0.0842. The number of rotatable bonds is 5. The van der Waals surface area contributed by atoms with Gasteiger partial charge in [-0.2, -0.15) is 0 Å². The third kappa shape index (κ3) is 4.56. The Balaban J connectivity index is 1.80. The minimum Gasteiger partial charge on any atom is -0.459 e. The number of halogens is 2. The third-order valence-electron chi connectivity index (χ3n) is 2.83. The van der Waals surface area contributed by atoms with E-state index in [4.69, 9.17) is 16.3 Å². The average Bonchev–Trinajstić information content (AvgIpc) is 2.52. The molecule has 0 fully saturated rings. The summed E-state index contributed by atoms with van der Waals surface area (Å²) in [6.45, 7) is -0.342. The van der Waals surface area contributed by atoms with E-state index in [9.17, 15) is 14.0 Å². The number of esters is 1. The molecular weight excluding hydrogens is 309 g/mol. The van der Waals surface area contributed by atoms with Crippen LogP contribution in [-0.4, -0.2) is 18.4 Å². The van der Waals surface area contributed by atoms with Crippen LogP contribution in [0.5, 0.6) is 0 Å². The quantitative estimate of drug-likeness (QED) is 0.861. The van der Waals surface area contributed by atoms with E-state index in [1.165, 1.54) is 12.1 Å². The van der Waals surface area contributed by atoms with Crippen LogP contribution >= 0.6 is 11.6 Å². The van der Waals surface area contributed by atoms with Crippen molar-refractivity contribution < 1.29 is 18.7 Å². The van der Waals surface area contributed by atoms with Crippen molar-refractivity contribution >= 4 is 23.5 Å². The molecule has 0 saturated carbocycles. The Hall–Kier alpha value is -2.40. The van der Waals surface area contributed by atoms with Gasteiger partial charge in [0.25, 0.3) is 5.91 Å². The number of amides is 1. The summed E-state index contributed by atoms with van der Waals surface area (Å²) in [7, 11) is 0. The van der Waals surface area contributed by atoms with E-state index in [1.54, 1.807) is 30.3 Å². The summed E-state index contributed by atoms with van der Waals surface area (Å²) in [5.74, 6) is -1.43. The molecule has 0 saturated heterocycles. The second kappa shape index (κ2) is 7.56. The van der Waals surface area contributed by atoms with E-state index in [0.29, 0.717) is 11.1 Å². The molecule has 0 aliphatic carbocycles. The fourth-order valence-corrected chi connectivity index (χ4v) is 1.91. The average molecular weight is 322 g/mol. The summed E-state index contributed by atoms with van der Waals surface area (Å²) < 4.78 is 17.9. The molecule has 6 heteroatoms. The summed E-state index contributed by atoms with van der Waals surface area (Å²) in [6.07, 6.45) is 0. The largest absolute Gasteiger partial charge is 0.459 e. The Labute approximate surface area is 131 Å². The van der Waals surface area contributed by atoms with Crippen LogP contribution in [0.15, 0.2) is 48.5 Å². The highest BCUT2D eigenvalue weighted by Crippen LogP contribution is 2.17. The molecule has 0 bridgehead atoms. The van der Waals surface area contributed by atoms with Gasteiger partial charge in [-0.25, -0.2) is 4.39 Å². The number of carbonyl (C=O) groups excluding carboxylic acids is 2. The second-order valence-corrected chi connectivity index (χ2v) is 4.85. The molecule has 114 valence electrons. The molecule has 0 heterocycles. The van der Waals surface area contributed by atoms with E-state index in [2.05, 4.69) is 5.32 Å². The number of benzene rings is 2. The molecule has 1 amide bonds. The van der Waals surface area contributed by atoms with Crippen molar-refractivity contribution in [2.24, 2.45) is 0 Å². The highest BCUT2D eigenvalue weighted by Gasteiger charge is 2.10. The molecule has 2 rings (SSSR count). The van der Waals surface area contributed by atoms with Crippen LogP contribution in [0, 0.1) is 5.82 Å².